The lowest BCUT2D eigenvalue weighted by atomic mass is 9.95. The number of nitrogens with zero attached hydrogens (tertiary/aromatic N) is 4. The minimum absolute atomic E-state index is 0.201. The van der Waals surface area contributed by atoms with E-state index in [0.29, 0.717) is 5.82 Å². The van der Waals surface area contributed by atoms with E-state index in [9.17, 15) is 4.79 Å². The minimum Gasteiger partial charge on any atom is -0.244 e. The Labute approximate surface area is 188 Å². The molecule has 1 saturated carbocycles. The maximum absolute atomic E-state index is 13.0. The SMILES string of the molecule is CCCCC1=[N+](Cc2ccc(-c3ccccc3-c3nnn[nH]3)cc2)C2(CCCC2)C(=O)N1. The van der Waals surface area contributed by atoms with E-state index in [1.165, 1.54) is 5.56 Å². The molecule has 0 saturated heterocycles. The smallest absolute Gasteiger partial charge is 0.244 e. The summed E-state index contributed by atoms with van der Waals surface area (Å²) in [7, 11) is 0. The first-order chi connectivity index (χ1) is 15.7. The van der Waals surface area contributed by atoms with Gasteiger partial charge in [0.05, 0.1) is 0 Å². The quantitative estimate of drug-likeness (QED) is 0.554. The number of tetrazole rings is 1. The number of nitrogens with one attached hydrogen (secondary N) is 2. The number of hydrogen-bond acceptors (Lipinski definition) is 4. The van der Waals surface area contributed by atoms with Gasteiger partial charge in [0, 0.05) is 24.8 Å². The highest BCUT2D eigenvalue weighted by molar-refractivity contribution is 6.03. The van der Waals surface area contributed by atoms with Crippen LogP contribution in [0.25, 0.3) is 22.5 Å². The van der Waals surface area contributed by atoms with Crippen LogP contribution in [0.15, 0.2) is 48.5 Å². The highest BCUT2D eigenvalue weighted by Gasteiger charge is 2.55. The van der Waals surface area contributed by atoms with Crippen molar-refractivity contribution in [3.05, 3.63) is 54.1 Å². The Kier molecular flexibility index (Phi) is 5.55. The number of amidine groups is 1. The molecule has 0 bridgehead atoms. The minimum atomic E-state index is -0.354. The molecule has 1 aliphatic heterocycles. The third-order valence-corrected chi connectivity index (χ3v) is 6.85. The van der Waals surface area contributed by atoms with Gasteiger partial charge in [-0.1, -0.05) is 61.9 Å². The third-order valence-electron chi connectivity index (χ3n) is 6.85. The van der Waals surface area contributed by atoms with Crippen LogP contribution in [0.3, 0.4) is 0 Å². The molecule has 0 atom stereocenters. The van der Waals surface area contributed by atoms with Crippen molar-refractivity contribution in [2.24, 2.45) is 0 Å². The fourth-order valence-electron chi connectivity index (χ4n) is 5.13. The molecule has 2 N–H and O–H groups in total. The molecule has 1 aliphatic carbocycles. The Balaban J connectivity index is 1.44. The Bertz CT molecular complexity index is 1130. The summed E-state index contributed by atoms with van der Waals surface area (Å²) in [6.45, 7) is 2.95. The second kappa shape index (κ2) is 8.65. The summed E-state index contributed by atoms with van der Waals surface area (Å²) < 4.78 is 2.38. The molecule has 2 heterocycles. The molecule has 1 aromatic heterocycles. The van der Waals surface area contributed by atoms with Crippen LogP contribution in [0, 0.1) is 0 Å². The maximum Gasteiger partial charge on any atom is 0.355 e. The molecule has 1 amide bonds. The number of H-pyrrole nitrogens is 1. The molecular weight excluding hydrogens is 400 g/mol. The molecule has 7 heteroatoms. The van der Waals surface area contributed by atoms with Crippen LogP contribution in [0.1, 0.15) is 57.4 Å². The van der Waals surface area contributed by atoms with E-state index in [1.807, 2.05) is 18.2 Å². The first-order valence-corrected chi connectivity index (χ1v) is 11.6. The van der Waals surface area contributed by atoms with Crippen LogP contribution in [0.2, 0.25) is 0 Å². The van der Waals surface area contributed by atoms with Crippen LogP contribution < -0.4 is 5.32 Å². The largest absolute Gasteiger partial charge is 0.355 e. The van der Waals surface area contributed by atoms with E-state index in [2.05, 4.69) is 67.8 Å². The average Bonchev–Trinajstić information content (AvgIpc) is 3.58. The van der Waals surface area contributed by atoms with Crippen molar-refractivity contribution in [3.63, 3.8) is 0 Å². The predicted octanol–water partition coefficient (Wildman–Crippen LogP) is 4.08. The molecule has 0 unspecified atom stereocenters. The standard InChI is InChI=1S/C25H28N6O/c1-2-3-10-22-26-24(32)25(15-6-7-16-25)31(22)17-18-11-13-19(14-12-18)20-8-4-5-9-21(20)23-27-29-30-28-23/h4-5,8-9,11-14H,2-3,6-7,10,15-17H2,1H3,(H,27,28,29,30)/p+1. The van der Waals surface area contributed by atoms with E-state index < -0.39 is 0 Å². The van der Waals surface area contributed by atoms with Gasteiger partial charge in [0.1, 0.15) is 6.54 Å². The molecule has 1 spiro atoms. The fraction of sp³-hybridized carbons (Fsp3) is 0.400. The summed E-state index contributed by atoms with van der Waals surface area (Å²) >= 11 is 0. The Morgan fingerprint density at radius 3 is 2.47 bits per heavy atom. The van der Waals surface area contributed by atoms with Gasteiger partial charge >= 0.3 is 5.91 Å². The zero-order chi connectivity index (χ0) is 22.0. The van der Waals surface area contributed by atoms with Crippen molar-refractivity contribution < 1.29 is 9.37 Å². The lowest BCUT2D eigenvalue weighted by Crippen LogP contribution is -2.44. The van der Waals surface area contributed by atoms with Crippen molar-refractivity contribution in [2.75, 3.05) is 0 Å². The topological polar surface area (TPSA) is 86.6 Å². The molecule has 2 aromatic carbocycles. The molecule has 164 valence electrons. The number of hydrogen-bond donors (Lipinski definition) is 2. The number of carbonyl (C=O) groups is 1. The van der Waals surface area contributed by atoms with Crippen molar-refractivity contribution in [1.82, 2.24) is 25.9 Å². The average molecular weight is 430 g/mol. The maximum atomic E-state index is 13.0. The lowest BCUT2D eigenvalue weighted by Gasteiger charge is -2.21. The van der Waals surface area contributed by atoms with E-state index in [1.54, 1.807) is 0 Å². The van der Waals surface area contributed by atoms with Crippen molar-refractivity contribution >= 4 is 11.7 Å². The number of amides is 1. The highest BCUT2D eigenvalue weighted by Crippen LogP contribution is 2.37. The van der Waals surface area contributed by atoms with Gasteiger partial charge < -0.3 is 0 Å². The Hall–Kier alpha value is -3.35. The van der Waals surface area contributed by atoms with Crippen LogP contribution in [0.4, 0.5) is 0 Å². The second-order valence-electron chi connectivity index (χ2n) is 8.82. The normalized spacial score (nSPS) is 17.3. The molecule has 1 fully saturated rings. The molecule has 2 aliphatic rings. The second-order valence-corrected chi connectivity index (χ2v) is 8.82. The predicted molar refractivity (Wildman–Crippen MR) is 123 cm³/mol. The van der Waals surface area contributed by atoms with E-state index in [-0.39, 0.29) is 11.4 Å². The van der Waals surface area contributed by atoms with Gasteiger partial charge in [0.2, 0.25) is 5.54 Å². The summed E-state index contributed by atoms with van der Waals surface area (Å²) in [6.07, 6.45) is 7.29. The van der Waals surface area contributed by atoms with Crippen LogP contribution in [0.5, 0.6) is 0 Å². The number of aromatic nitrogens is 4. The van der Waals surface area contributed by atoms with Gasteiger partial charge in [0.15, 0.2) is 5.82 Å². The summed E-state index contributed by atoms with van der Waals surface area (Å²) in [5, 5.41) is 17.6. The number of aromatic amines is 1. The van der Waals surface area contributed by atoms with Crippen LogP contribution in [-0.2, 0) is 11.3 Å². The zero-order valence-electron chi connectivity index (χ0n) is 18.5. The van der Waals surface area contributed by atoms with Gasteiger partial charge in [-0.15, -0.1) is 5.10 Å². The van der Waals surface area contributed by atoms with Crippen molar-refractivity contribution in [3.8, 4) is 22.5 Å². The van der Waals surface area contributed by atoms with Gasteiger partial charge in [-0.05, 0) is 46.4 Å². The Morgan fingerprint density at radius 2 is 1.78 bits per heavy atom. The first kappa shape index (κ1) is 20.5. The van der Waals surface area contributed by atoms with Gasteiger partial charge in [-0.3, -0.25) is 0 Å². The summed E-state index contributed by atoms with van der Waals surface area (Å²) in [5.41, 5.74) is 4.03. The van der Waals surface area contributed by atoms with E-state index >= 15 is 0 Å². The zero-order valence-corrected chi connectivity index (χ0v) is 18.5. The first-order valence-electron chi connectivity index (χ1n) is 11.6. The van der Waals surface area contributed by atoms with Gasteiger partial charge in [-0.2, -0.15) is 0 Å². The highest BCUT2D eigenvalue weighted by atomic mass is 16.2. The number of rotatable bonds is 7. The Morgan fingerprint density at radius 1 is 1.03 bits per heavy atom. The summed E-state index contributed by atoms with van der Waals surface area (Å²) in [5.74, 6) is 1.96. The molecule has 5 rings (SSSR count). The number of unbranched alkanes of at least 4 members (excludes halogenated alkanes) is 1. The van der Waals surface area contributed by atoms with Crippen molar-refractivity contribution in [1.29, 1.82) is 0 Å². The lowest BCUT2D eigenvalue weighted by molar-refractivity contribution is -0.602. The number of carbonyl (C=O) groups excluding carboxylic acids is 1. The summed E-state index contributed by atoms with van der Waals surface area (Å²) in [4.78, 5) is 13.0. The van der Waals surface area contributed by atoms with Gasteiger partial charge in [-0.25, -0.2) is 19.8 Å². The monoisotopic (exact) mass is 429 g/mol. The van der Waals surface area contributed by atoms with E-state index in [4.69, 9.17) is 0 Å². The fourth-order valence-corrected chi connectivity index (χ4v) is 5.13. The van der Waals surface area contributed by atoms with Gasteiger partial charge in [0.25, 0.3) is 5.84 Å². The number of benzene rings is 2. The van der Waals surface area contributed by atoms with Crippen molar-refractivity contribution in [2.45, 2.75) is 64.0 Å². The van der Waals surface area contributed by atoms with Crippen LogP contribution in [-0.4, -0.2) is 42.5 Å². The molecule has 3 aromatic rings. The molecule has 32 heavy (non-hydrogen) atoms. The molecular formula is C25H29N6O+. The molecule has 7 nitrogen and oxygen atoms in total. The van der Waals surface area contributed by atoms with Crippen LogP contribution >= 0.6 is 0 Å². The molecule has 0 radical (unpaired) electrons. The summed E-state index contributed by atoms with van der Waals surface area (Å²) in [6, 6.07) is 16.8. The van der Waals surface area contributed by atoms with E-state index in [0.717, 1.165) is 74.0 Å². The third kappa shape index (κ3) is 3.61.